The van der Waals surface area contributed by atoms with Crippen LogP contribution in [0.3, 0.4) is 0 Å². The number of methoxy groups -OCH3 is 1. The fraction of sp³-hybridized carbons (Fsp3) is 0.368. The summed E-state index contributed by atoms with van der Waals surface area (Å²) in [6, 6.07) is 8.16. The van der Waals surface area contributed by atoms with E-state index < -0.39 is 0 Å². The molecule has 0 amide bonds. The minimum absolute atomic E-state index is 0.0540. The Labute approximate surface area is 141 Å². The molecule has 0 saturated heterocycles. The molecule has 24 heavy (non-hydrogen) atoms. The number of ether oxygens (including phenoxy) is 1. The average Bonchev–Trinajstić information content (AvgIpc) is 3.17. The van der Waals surface area contributed by atoms with Crippen molar-refractivity contribution in [1.82, 2.24) is 4.98 Å². The third kappa shape index (κ3) is 3.57. The molecule has 0 fully saturated rings. The van der Waals surface area contributed by atoms with Gasteiger partial charge in [-0.05, 0) is 42.0 Å². The molecule has 1 aromatic carbocycles. The molecule has 5 nitrogen and oxygen atoms in total. The standard InChI is InChI=1S/C19H22N2O3/c1-24-19(23)5-4-17-16(6-7-21-17)18(22)9-12-2-3-13-10-15(20)11-14(13)8-12/h2-3,6-8,15,21H,4-5,9-11,20H2,1H3. The molecule has 0 aliphatic heterocycles. The molecule has 3 rings (SSSR count). The molecule has 1 aromatic heterocycles. The third-order valence-corrected chi connectivity index (χ3v) is 4.54. The number of aromatic nitrogens is 1. The number of nitrogens with two attached hydrogens (primary N) is 1. The van der Waals surface area contributed by atoms with E-state index in [1.54, 1.807) is 12.3 Å². The first-order chi connectivity index (χ1) is 11.6. The van der Waals surface area contributed by atoms with Crippen molar-refractivity contribution in [2.45, 2.75) is 38.1 Å². The van der Waals surface area contributed by atoms with Gasteiger partial charge in [0.05, 0.1) is 13.5 Å². The molecule has 0 spiro atoms. The molecule has 126 valence electrons. The number of hydrogen-bond acceptors (Lipinski definition) is 4. The Hall–Kier alpha value is -2.40. The summed E-state index contributed by atoms with van der Waals surface area (Å²) in [5, 5.41) is 0. The summed E-state index contributed by atoms with van der Waals surface area (Å²) in [7, 11) is 1.36. The van der Waals surface area contributed by atoms with Gasteiger partial charge in [-0.15, -0.1) is 0 Å². The van der Waals surface area contributed by atoms with E-state index in [-0.39, 0.29) is 24.2 Å². The number of fused-ring (bicyclic) bond motifs is 1. The Morgan fingerprint density at radius 1 is 1.25 bits per heavy atom. The lowest BCUT2D eigenvalue weighted by atomic mass is 9.99. The van der Waals surface area contributed by atoms with Crippen molar-refractivity contribution in [2.24, 2.45) is 5.73 Å². The second kappa shape index (κ2) is 7.01. The Balaban J connectivity index is 1.69. The maximum atomic E-state index is 12.6. The molecule has 1 heterocycles. The Morgan fingerprint density at radius 3 is 2.83 bits per heavy atom. The number of hydrogen-bond donors (Lipinski definition) is 2. The molecule has 1 unspecified atom stereocenters. The summed E-state index contributed by atoms with van der Waals surface area (Å²) in [4.78, 5) is 27.0. The van der Waals surface area contributed by atoms with Crippen LogP contribution in [-0.2, 0) is 35.2 Å². The molecule has 2 aromatic rings. The summed E-state index contributed by atoms with van der Waals surface area (Å²) in [5.74, 6) is -0.226. The number of aromatic amines is 1. The fourth-order valence-corrected chi connectivity index (χ4v) is 3.30. The van der Waals surface area contributed by atoms with Gasteiger partial charge < -0.3 is 15.5 Å². The SMILES string of the molecule is COC(=O)CCc1[nH]ccc1C(=O)Cc1ccc2c(c1)CC(N)C2. The largest absolute Gasteiger partial charge is 0.469 e. The first-order valence-electron chi connectivity index (χ1n) is 8.19. The Bertz CT molecular complexity index is 764. The van der Waals surface area contributed by atoms with Crippen molar-refractivity contribution in [3.63, 3.8) is 0 Å². The van der Waals surface area contributed by atoms with E-state index >= 15 is 0 Å². The lowest BCUT2D eigenvalue weighted by Gasteiger charge is -2.06. The van der Waals surface area contributed by atoms with Crippen LogP contribution in [0.5, 0.6) is 0 Å². The fourth-order valence-electron chi connectivity index (χ4n) is 3.30. The van der Waals surface area contributed by atoms with Gasteiger partial charge in [-0.3, -0.25) is 9.59 Å². The van der Waals surface area contributed by atoms with Crippen LogP contribution in [0.1, 0.15) is 39.2 Å². The van der Waals surface area contributed by atoms with Crippen LogP contribution in [0.15, 0.2) is 30.5 Å². The van der Waals surface area contributed by atoms with E-state index in [0.717, 1.165) is 24.1 Å². The highest BCUT2D eigenvalue weighted by Gasteiger charge is 2.19. The zero-order valence-corrected chi connectivity index (χ0v) is 13.8. The van der Waals surface area contributed by atoms with Gasteiger partial charge in [0.2, 0.25) is 0 Å². The normalized spacial score (nSPS) is 16.0. The molecule has 0 bridgehead atoms. The van der Waals surface area contributed by atoms with Gasteiger partial charge in [0.25, 0.3) is 0 Å². The molecule has 0 radical (unpaired) electrons. The molecule has 3 N–H and O–H groups in total. The zero-order chi connectivity index (χ0) is 17.1. The molecular formula is C19H22N2O3. The molecule has 5 heteroatoms. The minimum atomic E-state index is -0.280. The van der Waals surface area contributed by atoms with E-state index in [2.05, 4.69) is 21.9 Å². The highest BCUT2D eigenvalue weighted by Crippen LogP contribution is 2.23. The number of esters is 1. The number of nitrogens with one attached hydrogen (secondary N) is 1. The van der Waals surface area contributed by atoms with Gasteiger partial charge in [0.15, 0.2) is 5.78 Å². The van der Waals surface area contributed by atoms with Crippen molar-refractivity contribution < 1.29 is 14.3 Å². The first-order valence-corrected chi connectivity index (χ1v) is 8.19. The molecule has 1 atom stereocenters. The van der Waals surface area contributed by atoms with Crippen LogP contribution in [0.4, 0.5) is 0 Å². The van der Waals surface area contributed by atoms with Crippen molar-refractivity contribution in [3.05, 3.63) is 58.4 Å². The summed E-state index contributed by atoms with van der Waals surface area (Å²) in [6.45, 7) is 0. The predicted molar refractivity (Wildman–Crippen MR) is 91.0 cm³/mol. The zero-order valence-electron chi connectivity index (χ0n) is 13.8. The number of H-pyrrole nitrogens is 1. The maximum absolute atomic E-state index is 12.6. The van der Waals surface area contributed by atoms with Gasteiger partial charge in [-0.25, -0.2) is 0 Å². The van der Waals surface area contributed by atoms with Crippen molar-refractivity contribution in [2.75, 3.05) is 7.11 Å². The quantitative estimate of drug-likeness (QED) is 0.628. The van der Waals surface area contributed by atoms with Gasteiger partial charge in [0, 0.05) is 29.9 Å². The highest BCUT2D eigenvalue weighted by molar-refractivity contribution is 5.98. The van der Waals surface area contributed by atoms with E-state index in [1.165, 1.54) is 18.2 Å². The Morgan fingerprint density at radius 2 is 2.04 bits per heavy atom. The predicted octanol–water partition coefficient (Wildman–Crippen LogP) is 1.97. The van der Waals surface area contributed by atoms with Crippen molar-refractivity contribution >= 4 is 11.8 Å². The number of carbonyl (C=O) groups excluding carboxylic acids is 2. The van der Waals surface area contributed by atoms with Crippen LogP contribution < -0.4 is 5.73 Å². The first kappa shape index (κ1) is 16.5. The number of carbonyl (C=O) groups is 2. The number of benzene rings is 1. The molecule has 0 saturated carbocycles. The van der Waals surface area contributed by atoms with E-state index in [4.69, 9.17) is 5.73 Å². The second-order valence-electron chi connectivity index (χ2n) is 6.32. The van der Waals surface area contributed by atoms with Crippen LogP contribution >= 0.6 is 0 Å². The van der Waals surface area contributed by atoms with Crippen molar-refractivity contribution in [3.8, 4) is 0 Å². The maximum Gasteiger partial charge on any atom is 0.305 e. The average molecular weight is 326 g/mol. The van der Waals surface area contributed by atoms with Gasteiger partial charge in [0.1, 0.15) is 0 Å². The lowest BCUT2D eigenvalue weighted by Crippen LogP contribution is -2.19. The van der Waals surface area contributed by atoms with Crippen LogP contribution in [-0.4, -0.2) is 29.9 Å². The topological polar surface area (TPSA) is 85.2 Å². The van der Waals surface area contributed by atoms with Gasteiger partial charge in [-0.1, -0.05) is 18.2 Å². The number of rotatable bonds is 6. The monoisotopic (exact) mass is 326 g/mol. The summed E-state index contributed by atoms with van der Waals surface area (Å²) in [5.41, 5.74) is 11.0. The summed E-state index contributed by atoms with van der Waals surface area (Å²) in [6.07, 6.45) is 4.62. The third-order valence-electron chi connectivity index (χ3n) is 4.54. The number of ketones is 1. The second-order valence-corrected chi connectivity index (χ2v) is 6.32. The Kier molecular flexibility index (Phi) is 4.81. The number of Topliss-reactive ketones (excluding diaryl/α,β-unsaturated/α-hetero) is 1. The smallest absolute Gasteiger partial charge is 0.305 e. The van der Waals surface area contributed by atoms with Crippen LogP contribution in [0.2, 0.25) is 0 Å². The van der Waals surface area contributed by atoms with Gasteiger partial charge in [-0.2, -0.15) is 0 Å². The highest BCUT2D eigenvalue weighted by atomic mass is 16.5. The van der Waals surface area contributed by atoms with E-state index in [1.807, 2.05) is 6.07 Å². The van der Waals surface area contributed by atoms with E-state index in [0.29, 0.717) is 18.4 Å². The van der Waals surface area contributed by atoms with Crippen LogP contribution in [0.25, 0.3) is 0 Å². The molecule has 1 aliphatic carbocycles. The van der Waals surface area contributed by atoms with Crippen molar-refractivity contribution in [1.29, 1.82) is 0 Å². The number of aryl methyl sites for hydroxylation is 1. The van der Waals surface area contributed by atoms with Crippen LogP contribution in [0, 0.1) is 0 Å². The molecule has 1 aliphatic rings. The lowest BCUT2D eigenvalue weighted by molar-refractivity contribution is -0.140. The van der Waals surface area contributed by atoms with E-state index in [9.17, 15) is 9.59 Å². The summed E-state index contributed by atoms with van der Waals surface area (Å²) < 4.78 is 4.65. The molecular weight excluding hydrogens is 304 g/mol. The van der Waals surface area contributed by atoms with Gasteiger partial charge >= 0.3 is 5.97 Å². The summed E-state index contributed by atoms with van der Waals surface area (Å²) >= 11 is 0. The minimum Gasteiger partial charge on any atom is -0.469 e.